The van der Waals surface area contributed by atoms with E-state index < -0.39 is 36.2 Å². The van der Waals surface area contributed by atoms with Crippen LogP contribution in [0.3, 0.4) is 0 Å². The van der Waals surface area contributed by atoms with Crippen LogP contribution in [0.1, 0.15) is 29.9 Å². The van der Waals surface area contributed by atoms with E-state index in [-0.39, 0.29) is 38.6 Å². The van der Waals surface area contributed by atoms with Crippen LogP contribution in [0.5, 0.6) is 0 Å². The van der Waals surface area contributed by atoms with Crippen molar-refractivity contribution in [1.82, 2.24) is 10.6 Å². The number of aliphatic carboxylic acids is 1. The van der Waals surface area contributed by atoms with E-state index in [1.807, 2.05) is 48.5 Å². The Hall–Kier alpha value is -3.43. The van der Waals surface area contributed by atoms with Crippen molar-refractivity contribution in [3.8, 4) is 11.1 Å². The number of rotatable bonds is 7. The molecule has 0 bridgehead atoms. The number of carbonyl (C=O) groups excluding carboxylic acids is 2. The van der Waals surface area contributed by atoms with Crippen molar-refractivity contribution in [2.45, 2.75) is 30.3 Å². The minimum Gasteiger partial charge on any atom is -0.480 e. The summed E-state index contributed by atoms with van der Waals surface area (Å²) in [5, 5.41) is 23.3. The lowest BCUT2D eigenvalue weighted by molar-refractivity contribution is -0.145. The van der Waals surface area contributed by atoms with Crippen molar-refractivity contribution in [2.75, 3.05) is 26.4 Å². The molecule has 4 rings (SSSR count). The summed E-state index contributed by atoms with van der Waals surface area (Å²) in [4.78, 5) is 36.9. The van der Waals surface area contributed by atoms with E-state index in [2.05, 4.69) is 10.6 Å². The molecule has 0 aromatic heterocycles. The SMILES string of the molecule is O=C(NC1(C(=O)N[C@@H](CO)C(=O)O)CCOCC1)OCC1c2ccccc2-c2ccccc21. The lowest BCUT2D eigenvalue weighted by Crippen LogP contribution is -2.63. The molecule has 1 saturated heterocycles. The third-order valence-electron chi connectivity index (χ3n) is 6.25. The molecule has 2 amide bonds. The van der Waals surface area contributed by atoms with E-state index >= 15 is 0 Å². The van der Waals surface area contributed by atoms with Gasteiger partial charge in [-0.25, -0.2) is 9.59 Å². The van der Waals surface area contributed by atoms with E-state index in [9.17, 15) is 19.5 Å². The minimum atomic E-state index is -1.47. The van der Waals surface area contributed by atoms with E-state index in [1.54, 1.807) is 0 Å². The largest absolute Gasteiger partial charge is 0.480 e. The first kappa shape index (κ1) is 22.8. The number of carboxylic acids is 1. The molecule has 9 heteroatoms. The fourth-order valence-electron chi connectivity index (χ4n) is 4.44. The van der Waals surface area contributed by atoms with Gasteiger partial charge in [0, 0.05) is 32.0 Å². The first-order valence-electron chi connectivity index (χ1n) is 10.8. The second-order valence-electron chi connectivity index (χ2n) is 8.19. The van der Waals surface area contributed by atoms with Crippen LogP contribution in [-0.2, 0) is 19.1 Å². The normalized spacial score (nSPS) is 17.4. The zero-order chi connectivity index (χ0) is 23.4. The van der Waals surface area contributed by atoms with Crippen molar-refractivity contribution in [2.24, 2.45) is 0 Å². The predicted octanol–water partition coefficient (Wildman–Crippen LogP) is 1.64. The van der Waals surface area contributed by atoms with Gasteiger partial charge in [0.1, 0.15) is 18.2 Å². The molecular weight excluding hydrogens is 428 g/mol. The molecule has 9 nitrogen and oxygen atoms in total. The zero-order valence-corrected chi connectivity index (χ0v) is 18.0. The van der Waals surface area contributed by atoms with Crippen LogP contribution in [0.25, 0.3) is 11.1 Å². The van der Waals surface area contributed by atoms with Gasteiger partial charge in [0.25, 0.3) is 0 Å². The standard InChI is InChI=1S/C24H26N2O7/c27-13-20(21(28)29)25-22(30)24(9-11-32-12-10-24)26-23(31)33-14-19-17-7-3-1-5-15(17)16-6-2-4-8-18(16)19/h1-8,19-20,27H,9-14H2,(H,25,30)(H,26,31)(H,28,29)/t20-/m0/s1. The van der Waals surface area contributed by atoms with E-state index in [4.69, 9.17) is 14.6 Å². The number of benzene rings is 2. The highest BCUT2D eigenvalue weighted by Crippen LogP contribution is 2.44. The predicted molar refractivity (Wildman–Crippen MR) is 118 cm³/mol. The highest BCUT2D eigenvalue weighted by atomic mass is 16.5. The maximum absolute atomic E-state index is 12.9. The molecule has 1 heterocycles. The van der Waals surface area contributed by atoms with E-state index in [0.717, 1.165) is 22.3 Å². The van der Waals surface area contributed by atoms with Crippen molar-refractivity contribution >= 4 is 18.0 Å². The van der Waals surface area contributed by atoms with Gasteiger partial charge < -0.3 is 30.3 Å². The molecule has 2 aromatic rings. The molecular formula is C24H26N2O7. The van der Waals surface area contributed by atoms with Gasteiger partial charge in [0.2, 0.25) is 5.91 Å². The maximum Gasteiger partial charge on any atom is 0.408 e. The molecule has 0 unspecified atom stereocenters. The Morgan fingerprint density at radius 3 is 2.15 bits per heavy atom. The van der Waals surface area contributed by atoms with Crippen LogP contribution in [0.2, 0.25) is 0 Å². The highest BCUT2D eigenvalue weighted by Gasteiger charge is 2.43. The van der Waals surface area contributed by atoms with Crippen LogP contribution in [-0.4, -0.2) is 66.2 Å². The quantitative estimate of drug-likeness (QED) is 0.500. The van der Waals surface area contributed by atoms with E-state index in [0.29, 0.717) is 0 Å². The van der Waals surface area contributed by atoms with Crippen LogP contribution in [0.15, 0.2) is 48.5 Å². The summed E-state index contributed by atoms with van der Waals surface area (Å²) >= 11 is 0. The van der Waals surface area contributed by atoms with Crippen LogP contribution >= 0.6 is 0 Å². The van der Waals surface area contributed by atoms with Crippen molar-refractivity contribution in [3.63, 3.8) is 0 Å². The first-order valence-corrected chi connectivity index (χ1v) is 10.8. The Balaban J connectivity index is 1.47. The van der Waals surface area contributed by atoms with Gasteiger partial charge in [-0.2, -0.15) is 0 Å². The second-order valence-corrected chi connectivity index (χ2v) is 8.19. The summed E-state index contributed by atoms with van der Waals surface area (Å²) in [5.74, 6) is -2.19. The molecule has 1 fully saturated rings. The maximum atomic E-state index is 12.9. The molecule has 0 spiro atoms. The number of amides is 2. The van der Waals surface area contributed by atoms with Gasteiger partial charge in [0.15, 0.2) is 0 Å². The topological polar surface area (TPSA) is 134 Å². The Morgan fingerprint density at radius 2 is 1.61 bits per heavy atom. The van der Waals surface area contributed by atoms with Crippen molar-refractivity contribution < 1.29 is 34.1 Å². The van der Waals surface area contributed by atoms with Gasteiger partial charge in [-0.1, -0.05) is 48.5 Å². The third-order valence-corrected chi connectivity index (χ3v) is 6.25. The average Bonchev–Trinajstić information content (AvgIpc) is 3.15. The number of alkyl carbamates (subject to hydrolysis) is 1. The number of carbonyl (C=O) groups is 3. The minimum absolute atomic E-state index is 0.0858. The van der Waals surface area contributed by atoms with Gasteiger partial charge in [-0.3, -0.25) is 4.79 Å². The molecule has 0 saturated carbocycles. The lowest BCUT2D eigenvalue weighted by atomic mass is 9.88. The Bertz CT molecular complexity index is 1000. The Kier molecular flexibility index (Phi) is 6.62. The van der Waals surface area contributed by atoms with Gasteiger partial charge >= 0.3 is 12.1 Å². The average molecular weight is 454 g/mol. The molecule has 1 atom stereocenters. The summed E-state index contributed by atoms with van der Waals surface area (Å²) in [5.41, 5.74) is 2.95. The smallest absolute Gasteiger partial charge is 0.408 e. The zero-order valence-electron chi connectivity index (χ0n) is 18.0. The molecule has 2 aromatic carbocycles. The molecule has 1 aliphatic heterocycles. The monoisotopic (exact) mass is 454 g/mol. The third kappa shape index (κ3) is 4.55. The number of aliphatic hydroxyl groups excluding tert-OH is 1. The number of aliphatic hydroxyl groups is 1. The van der Waals surface area contributed by atoms with Crippen LogP contribution in [0.4, 0.5) is 4.79 Å². The number of fused-ring (bicyclic) bond motifs is 3. The molecule has 2 aliphatic rings. The fourth-order valence-corrected chi connectivity index (χ4v) is 4.44. The molecule has 4 N–H and O–H groups in total. The van der Waals surface area contributed by atoms with Gasteiger partial charge in [-0.05, 0) is 22.3 Å². The fraction of sp³-hybridized carbons (Fsp3) is 0.375. The summed E-state index contributed by atoms with van der Waals surface area (Å²) in [6, 6.07) is 14.4. The number of hydrogen-bond donors (Lipinski definition) is 4. The van der Waals surface area contributed by atoms with Crippen LogP contribution < -0.4 is 10.6 Å². The molecule has 0 radical (unpaired) electrons. The number of carboxylic acid groups (broad SMARTS) is 1. The molecule has 1 aliphatic carbocycles. The van der Waals surface area contributed by atoms with Gasteiger partial charge in [0.05, 0.1) is 6.61 Å². The summed E-state index contributed by atoms with van der Waals surface area (Å²) in [7, 11) is 0. The van der Waals surface area contributed by atoms with Crippen molar-refractivity contribution in [1.29, 1.82) is 0 Å². The summed E-state index contributed by atoms with van der Waals surface area (Å²) < 4.78 is 10.9. The highest BCUT2D eigenvalue weighted by molar-refractivity contribution is 5.93. The number of hydrogen-bond acceptors (Lipinski definition) is 6. The number of ether oxygens (including phenoxy) is 2. The second kappa shape index (κ2) is 9.60. The lowest BCUT2D eigenvalue weighted by Gasteiger charge is -2.36. The van der Waals surface area contributed by atoms with Gasteiger partial charge in [-0.15, -0.1) is 0 Å². The van der Waals surface area contributed by atoms with Crippen molar-refractivity contribution in [3.05, 3.63) is 59.7 Å². The molecule has 174 valence electrons. The van der Waals surface area contributed by atoms with E-state index in [1.165, 1.54) is 0 Å². The first-order chi connectivity index (χ1) is 15.9. The summed E-state index contributed by atoms with van der Waals surface area (Å²) in [6.45, 7) is -0.247. The Labute approximate surface area is 190 Å². The Morgan fingerprint density at radius 1 is 1.03 bits per heavy atom. The number of nitrogens with one attached hydrogen (secondary N) is 2. The van der Waals surface area contributed by atoms with Crippen LogP contribution in [0, 0.1) is 0 Å². The summed E-state index contributed by atoms with van der Waals surface area (Å²) in [6.07, 6.45) is -0.466. The molecule has 33 heavy (non-hydrogen) atoms.